The number of ether oxygens (including phenoxy) is 1. The molecule has 3 unspecified atom stereocenters. The highest BCUT2D eigenvalue weighted by Crippen LogP contribution is 2.28. The molecule has 0 aliphatic heterocycles. The molecule has 0 amide bonds. The molecule has 0 saturated heterocycles. The first-order valence-corrected chi connectivity index (χ1v) is 5.76. The normalized spacial score (nSPS) is 30.2. The van der Waals surface area contributed by atoms with Crippen molar-refractivity contribution in [2.24, 2.45) is 11.7 Å². The Morgan fingerprint density at radius 3 is 2.79 bits per heavy atom. The highest BCUT2D eigenvalue weighted by Gasteiger charge is 2.24. The molecule has 84 valence electrons. The van der Waals surface area contributed by atoms with Gasteiger partial charge in [-0.2, -0.15) is 0 Å². The van der Waals surface area contributed by atoms with Gasteiger partial charge in [0.1, 0.15) is 0 Å². The van der Waals surface area contributed by atoms with Crippen LogP contribution in [0.3, 0.4) is 0 Å². The SMILES string of the molecule is CCC1CCCCC1OCC(N)CO. The second-order valence-corrected chi connectivity index (χ2v) is 4.27. The number of nitrogens with two attached hydrogens (primary N) is 1. The van der Waals surface area contributed by atoms with E-state index in [-0.39, 0.29) is 12.6 Å². The van der Waals surface area contributed by atoms with Crippen LogP contribution in [0.4, 0.5) is 0 Å². The van der Waals surface area contributed by atoms with Crippen LogP contribution >= 0.6 is 0 Å². The Balaban J connectivity index is 2.26. The summed E-state index contributed by atoms with van der Waals surface area (Å²) in [5, 5.41) is 8.78. The lowest BCUT2D eigenvalue weighted by molar-refractivity contribution is -0.0226. The van der Waals surface area contributed by atoms with Gasteiger partial charge in [0.05, 0.1) is 25.4 Å². The van der Waals surface area contributed by atoms with Crippen molar-refractivity contribution in [1.82, 2.24) is 0 Å². The summed E-state index contributed by atoms with van der Waals surface area (Å²) < 4.78 is 5.75. The van der Waals surface area contributed by atoms with Crippen LogP contribution in [0.15, 0.2) is 0 Å². The van der Waals surface area contributed by atoms with Crippen LogP contribution < -0.4 is 5.73 Å². The molecule has 0 aromatic carbocycles. The van der Waals surface area contributed by atoms with Crippen LogP contribution in [-0.2, 0) is 4.74 Å². The lowest BCUT2D eigenvalue weighted by Gasteiger charge is -2.31. The molecular weight excluding hydrogens is 178 g/mol. The molecule has 1 aliphatic carbocycles. The summed E-state index contributed by atoms with van der Waals surface area (Å²) in [6.45, 7) is 2.74. The summed E-state index contributed by atoms with van der Waals surface area (Å²) in [5.74, 6) is 0.703. The largest absolute Gasteiger partial charge is 0.395 e. The molecule has 14 heavy (non-hydrogen) atoms. The molecular formula is C11H23NO2. The Kier molecular flexibility index (Phi) is 5.45. The molecule has 3 heteroatoms. The Hall–Kier alpha value is -0.120. The predicted molar refractivity (Wildman–Crippen MR) is 57.1 cm³/mol. The average Bonchev–Trinajstić information content (AvgIpc) is 2.26. The molecule has 3 atom stereocenters. The number of rotatable bonds is 5. The van der Waals surface area contributed by atoms with Gasteiger partial charge in [-0.1, -0.05) is 26.2 Å². The molecule has 0 aromatic rings. The van der Waals surface area contributed by atoms with Crippen LogP contribution in [0, 0.1) is 5.92 Å². The van der Waals surface area contributed by atoms with Crippen LogP contribution in [0.5, 0.6) is 0 Å². The van der Waals surface area contributed by atoms with E-state index in [9.17, 15) is 0 Å². The van der Waals surface area contributed by atoms with Crippen LogP contribution in [0.2, 0.25) is 0 Å². The topological polar surface area (TPSA) is 55.5 Å². The van der Waals surface area contributed by atoms with Crippen molar-refractivity contribution >= 4 is 0 Å². The second-order valence-electron chi connectivity index (χ2n) is 4.27. The number of aliphatic hydroxyl groups excluding tert-OH is 1. The molecule has 1 rings (SSSR count). The lowest BCUT2D eigenvalue weighted by Crippen LogP contribution is -2.35. The molecule has 3 N–H and O–H groups in total. The van der Waals surface area contributed by atoms with E-state index in [0.717, 1.165) is 6.42 Å². The summed E-state index contributed by atoms with van der Waals surface area (Å²) in [5.41, 5.74) is 5.60. The Labute approximate surface area is 86.6 Å². The van der Waals surface area contributed by atoms with E-state index in [0.29, 0.717) is 18.6 Å². The van der Waals surface area contributed by atoms with Crippen molar-refractivity contribution in [3.63, 3.8) is 0 Å². The standard InChI is InChI=1S/C11H23NO2/c1-2-9-5-3-4-6-11(9)14-8-10(12)7-13/h9-11,13H,2-8,12H2,1H3. The minimum absolute atomic E-state index is 0.0174. The monoisotopic (exact) mass is 201 g/mol. The molecule has 0 radical (unpaired) electrons. The molecule has 0 spiro atoms. The molecule has 0 aromatic heterocycles. The summed E-state index contributed by atoms with van der Waals surface area (Å²) >= 11 is 0. The van der Waals surface area contributed by atoms with E-state index in [1.807, 2.05) is 0 Å². The van der Waals surface area contributed by atoms with E-state index in [1.165, 1.54) is 25.7 Å². The van der Waals surface area contributed by atoms with Gasteiger partial charge in [-0.3, -0.25) is 0 Å². The van der Waals surface area contributed by atoms with Crippen molar-refractivity contribution in [2.45, 2.75) is 51.2 Å². The van der Waals surface area contributed by atoms with Crippen LogP contribution in [-0.4, -0.2) is 30.5 Å². The van der Waals surface area contributed by atoms with E-state index < -0.39 is 0 Å². The van der Waals surface area contributed by atoms with Crippen LogP contribution in [0.25, 0.3) is 0 Å². The van der Waals surface area contributed by atoms with E-state index in [4.69, 9.17) is 15.6 Å². The second kappa shape index (κ2) is 6.38. The van der Waals surface area contributed by atoms with Gasteiger partial charge in [-0.15, -0.1) is 0 Å². The lowest BCUT2D eigenvalue weighted by atomic mass is 9.85. The molecule has 0 heterocycles. The zero-order valence-electron chi connectivity index (χ0n) is 9.11. The fourth-order valence-corrected chi connectivity index (χ4v) is 2.16. The maximum Gasteiger partial charge on any atom is 0.0643 e. The van der Waals surface area contributed by atoms with E-state index in [2.05, 4.69) is 6.92 Å². The first-order valence-electron chi connectivity index (χ1n) is 5.76. The Morgan fingerprint density at radius 2 is 2.14 bits per heavy atom. The van der Waals surface area contributed by atoms with Gasteiger partial charge in [-0.25, -0.2) is 0 Å². The first-order chi connectivity index (χ1) is 6.77. The molecule has 0 bridgehead atoms. The maximum atomic E-state index is 8.78. The molecule has 1 saturated carbocycles. The van der Waals surface area contributed by atoms with Crippen molar-refractivity contribution in [3.05, 3.63) is 0 Å². The number of hydrogen-bond donors (Lipinski definition) is 2. The third kappa shape index (κ3) is 3.56. The zero-order chi connectivity index (χ0) is 10.4. The third-order valence-electron chi connectivity index (χ3n) is 3.12. The van der Waals surface area contributed by atoms with Gasteiger partial charge < -0.3 is 15.6 Å². The summed E-state index contributed by atoms with van der Waals surface area (Å²) in [6.07, 6.45) is 6.64. The van der Waals surface area contributed by atoms with Gasteiger partial charge >= 0.3 is 0 Å². The average molecular weight is 201 g/mol. The van der Waals surface area contributed by atoms with E-state index in [1.54, 1.807) is 0 Å². The third-order valence-corrected chi connectivity index (χ3v) is 3.12. The Morgan fingerprint density at radius 1 is 1.43 bits per heavy atom. The van der Waals surface area contributed by atoms with Crippen molar-refractivity contribution in [3.8, 4) is 0 Å². The minimum Gasteiger partial charge on any atom is -0.395 e. The van der Waals surface area contributed by atoms with Gasteiger partial charge in [0.2, 0.25) is 0 Å². The first kappa shape index (κ1) is 12.0. The summed E-state index contributed by atoms with van der Waals surface area (Å²) in [4.78, 5) is 0. The minimum atomic E-state index is -0.213. The van der Waals surface area contributed by atoms with Gasteiger partial charge in [0.25, 0.3) is 0 Å². The fourth-order valence-electron chi connectivity index (χ4n) is 2.16. The van der Waals surface area contributed by atoms with Gasteiger partial charge in [0, 0.05) is 0 Å². The summed E-state index contributed by atoms with van der Waals surface area (Å²) in [6, 6.07) is -0.213. The highest BCUT2D eigenvalue weighted by molar-refractivity contribution is 4.75. The van der Waals surface area contributed by atoms with E-state index >= 15 is 0 Å². The quantitative estimate of drug-likeness (QED) is 0.704. The number of aliphatic hydroxyl groups is 1. The smallest absolute Gasteiger partial charge is 0.0643 e. The molecule has 3 nitrogen and oxygen atoms in total. The molecule has 1 fully saturated rings. The fraction of sp³-hybridized carbons (Fsp3) is 1.00. The zero-order valence-corrected chi connectivity index (χ0v) is 9.11. The number of hydrogen-bond acceptors (Lipinski definition) is 3. The predicted octanol–water partition coefficient (Wildman–Crippen LogP) is 1.29. The van der Waals surface area contributed by atoms with Crippen molar-refractivity contribution in [2.75, 3.05) is 13.2 Å². The Bertz CT molecular complexity index is 152. The van der Waals surface area contributed by atoms with Crippen molar-refractivity contribution < 1.29 is 9.84 Å². The summed E-state index contributed by atoms with van der Waals surface area (Å²) in [7, 11) is 0. The van der Waals surface area contributed by atoms with Crippen LogP contribution in [0.1, 0.15) is 39.0 Å². The molecule has 1 aliphatic rings. The van der Waals surface area contributed by atoms with Gasteiger partial charge in [0.15, 0.2) is 0 Å². The van der Waals surface area contributed by atoms with Crippen molar-refractivity contribution in [1.29, 1.82) is 0 Å². The van der Waals surface area contributed by atoms with Gasteiger partial charge in [-0.05, 0) is 18.8 Å². The maximum absolute atomic E-state index is 8.78. The highest BCUT2D eigenvalue weighted by atomic mass is 16.5.